The van der Waals surface area contributed by atoms with Crippen molar-refractivity contribution in [3.05, 3.63) is 41.4 Å². The first-order valence-electron chi connectivity index (χ1n) is 8.60. The maximum atomic E-state index is 12.3. The van der Waals surface area contributed by atoms with E-state index in [1.54, 1.807) is 17.5 Å². The van der Waals surface area contributed by atoms with Crippen LogP contribution in [0.3, 0.4) is 0 Å². The minimum Gasteiger partial charge on any atom is -0.348 e. The number of urea groups is 1. The van der Waals surface area contributed by atoms with Gasteiger partial charge in [-0.25, -0.2) is 9.78 Å². The zero-order valence-electron chi connectivity index (χ0n) is 14.0. The van der Waals surface area contributed by atoms with Crippen molar-refractivity contribution in [3.63, 3.8) is 0 Å². The smallest absolute Gasteiger partial charge is 0.325 e. The Morgan fingerprint density at radius 2 is 1.72 bits per heavy atom. The number of anilines is 2. The molecule has 1 fully saturated rings. The van der Waals surface area contributed by atoms with Crippen molar-refractivity contribution in [2.75, 3.05) is 10.6 Å². The molecule has 1 saturated carbocycles. The van der Waals surface area contributed by atoms with E-state index in [1.165, 1.54) is 24.2 Å². The van der Waals surface area contributed by atoms with Crippen molar-refractivity contribution in [2.24, 2.45) is 0 Å². The third-order valence-electron chi connectivity index (χ3n) is 4.18. The van der Waals surface area contributed by atoms with Gasteiger partial charge < -0.3 is 10.6 Å². The summed E-state index contributed by atoms with van der Waals surface area (Å²) in [6, 6.07) is 9.01. The molecule has 1 aromatic carbocycles. The predicted octanol–water partition coefficient (Wildman–Crippen LogP) is 4.24. The fourth-order valence-corrected chi connectivity index (χ4v) is 3.59. The molecule has 0 spiro atoms. The fraction of sp³-hybridized carbons (Fsp3) is 0.389. The topological polar surface area (TPSA) is 83.1 Å². The van der Waals surface area contributed by atoms with Crippen LogP contribution in [0.1, 0.15) is 49.0 Å². The van der Waals surface area contributed by atoms with Crippen LogP contribution in [-0.4, -0.2) is 23.0 Å². The number of nitrogens with zero attached hydrogens (tertiary/aromatic N) is 1. The van der Waals surface area contributed by atoms with Crippen LogP contribution in [0.25, 0.3) is 0 Å². The van der Waals surface area contributed by atoms with Crippen molar-refractivity contribution in [1.29, 1.82) is 0 Å². The van der Waals surface area contributed by atoms with Gasteiger partial charge >= 0.3 is 6.03 Å². The molecule has 1 aromatic heterocycles. The largest absolute Gasteiger partial charge is 0.348 e. The quantitative estimate of drug-likeness (QED) is 0.715. The maximum absolute atomic E-state index is 12.3. The minimum atomic E-state index is -0.378. The van der Waals surface area contributed by atoms with E-state index >= 15 is 0 Å². The van der Waals surface area contributed by atoms with Crippen LogP contribution < -0.4 is 16.0 Å². The van der Waals surface area contributed by atoms with E-state index in [2.05, 4.69) is 20.9 Å². The number of nitrogens with one attached hydrogen (secondary N) is 3. The molecule has 1 aliphatic rings. The molecule has 132 valence electrons. The molecule has 0 aliphatic heterocycles. The molecule has 0 unspecified atom stereocenters. The summed E-state index contributed by atoms with van der Waals surface area (Å²) in [7, 11) is 0. The molecule has 3 N–H and O–H groups in total. The van der Waals surface area contributed by atoms with E-state index in [-0.39, 0.29) is 18.0 Å². The van der Waals surface area contributed by atoms with E-state index < -0.39 is 0 Å². The van der Waals surface area contributed by atoms with Gasteiger partial charge in [0.2, 0.25) is 0 Å². The Hall–Kier alpha value is -2.41. The predicted molar refractivity (Wildman–Crippen MR) is 100 cm³/mol. The van der Waals surface area contributed by atoms with E-state index in [0.717, 1.165) is 25.7 Å². The summed E-state index contributed by atoms with van der Waals surface area (Å²) in [5.41, 5.74) is 1.05. The minimum absolute atomic E-state index is 0.167. The molecule has 7 heteroatoms. The Morgan fingerprint density at radius 3 is 2.44 bits per heavy atom. The van der Waals surface area contributed by atoms with Crippen LogP contribution in [-0.2, 0) is 0 Å². The molecule has 25 heavy (non-hydrogen) atoms. The highest BCUT2D eigenvalue weighted by Gasteiger charge is 2.18. The number of carbonyl (C=O) groups is 2. The average molecular weight is 358 g/mol. The number of aromatic nitrogens is 1. The van der Waals surface area contributed by atoms with Gasteiger partial charge in [0.05, 0.1) is 0 Å². The van der Waals surface area contributed by atoms with Crippen molar-refractivity contribution in [1.82, 2.24) is 10.3 Å². The van der Waals surface area contributed by atoms with Gasteiger partial charge in [0.15, 0.2) is 5.13 Å². The van der Waals surface area contributed by atoms with Gasteiger partial charge in [-0.3, -0.25) is 10.1 Å². The summed E-state index contributed by atoms with van der Waals surface area (Å²) < 4.78 is 0. The number of benzene rings is 1. The van der Waals surface area contributed by atoms with Gasteiger partial charge in [-0.2, -0.15) is 0 Å². The zero-order valence-corrected chi connectivity index (χ0v) is 14.8. The lowest BCUT2D eigenvalue weighted by Crippen LogP contribution is -2.34. The fourth-order valence-electron chi connectivity index (χ4n) is 2.90. The number of thiazole rings is 1. The molecule has 0 atom stereocenters. The Balaban J connectivity index is 1.52. The van der Waals surface area contributed by atoms with Crippen LogP contribution in [0, 0.1) is 0 Å². The number of carbonyl (C=O) groups excluding carboxylic acids is 2. The number of hydrogen-bond donors (Lipinski definition) is 3. The van der Waals surface area contributed by atoms with Gasteiger partial charge in [-0.05, 0) is 25.0 Å². The summed E-state index contributed by atoms with van der Waals surface area (Å²) >= 11 is 1.24. The second-order valence-corrected chi connectivity index (χ2v) is 7.00. The SMILES string of the molecule is O=C(Nc1ccccc1)Nc1nc(C(=O)NC2CCCCCC2)cs1. The third kappa shape index (κ3) is 5.29. The summed E-state index contributed by atoms with van der Waals surface area (Å²) in [4.78, 5) is 28.5. The summed E-state index contributed by atoms with van der Waals surface area (Å²) in [6.45, 7) is 0. The molecule has 1 aliphatic carbocycles. The first-order chi connectivity index (χ1) is 12.2. The second kappa shape index (κ2) is 8.62. The van der Waals surface area contributed by atoms with E-state index in [1.807, 2.05) is 18.2 Å². The number of rotatable bonds is 4. The van der Waals surface area contributed by atoms with Gasteiger partial charge in [0, 0.05) is 17.1 Å². The molecule has 6 nitrogen and oxygen atoms in total. The summed E-state index contributed by atoms with van der Waals surface area (Å²) in [5, 5.41) is 10.5. The first-order valence-corrected chi connectivity index (χ1v) is 9.48. The molecule has 3 amide bonds. The van der Waals surface area contributed by atoms with E-state index in [0.29, 0.717) is 16.5 Å². The van der Waals surface area contributed by atoms with Crippen molar-refractivity contribution >= 4 is 34.1 Å². The highest BCUT2D eigenvalue weighted by atomic mass is 32.1. The first kappa shape index (κ1) is 17.4. The van der Waals surface area contributed by atoms with Crippen LogP contribution >= 0.6 is 11.3 Å². The second-order valence-electron chi connectivity index (χ2n) is 6.14. The molecular weight excluding hydrogens is 336 g/mol. The lowest BCUT2D eigenvalue weighted by molar-refractivity contribution is 0.0929. The van der Waals surface area contributed by atoms with Crippen LogP contribution in [0.2, 0.25) is 0 Å². The Kier molecular flexibility index (Phi) is 6.00. The highest BCUT2D eigenvalue weighted by Crippen LogP contribution is 2.19. The Bertz CT molecular complexity index is 709. The van der Waals surface area contributed by atoms with Crippen LogP contribution in [0.15, 0.2) is 35.7 Å². The molecule has 3 rings (SSSR count). The normalized spacial score (nSPS) is 15.2. The number of amides is 3. The lowest BCUT2D eigenvalue weighted by atomic mass is 10.1. The summed E-state index contributed by atoms with van der Waals surface area (Å²) in [6.07, 6.45) is 6.87. The third-order valence-corrected chi connectivity index (χ3v) is 4.94. The molecule has 0 saturated heterocycles. The molecule has 0 bridgehead atoms. The Morgan fingerprint density at radius 1 is 1.00 bits per heavy atom. The average Bonchev–Trinajstić information content (AvgIpc) is 2.92. The van der Waals surface area contributed by atoms with E-state index in [4.69, 9.17) is 0 Å². The van der Waals surface area contributed by atoms with Gasteiger partial charge in [-0.1, -0.05) is 43.9 Å². The zero-order chi connectivity index (χ0) is 17.5. The van der Waals surface area contributed by atoms with Gasteiger partial charge in [0.25, 0.3) is 5.91 Å². The van der Waals surface area contributed by atoms with Crippen molar-refractivity contribution in [3.8, 4) is 0 Å². The summed E-state index contributed by atoms with van der Waals surface area (Å²) in [5.74, 6) is -0.167. The van der Waals surface area contributed by atoms with Crippen molar-refractivity contribution in [2.45, 2.75) is 44.6 Å². The molecule has 0 radical (unpaired) electrons. The van der Waals surface area contributed by atoms with E-state index in [9.17, 15) is 9.59 Å². The van der Waals surface area contributed by atoms with Gasteiger partial charge in [0.1, 0.15) is 5.69 Å². The van der Waals surface area contributed by atoms with Gasteiger partial charge in [-0.15, -0.1) is 11.3 Å². The lowest BCUT2D eigenvalue weighted by Gasteiger charge is -2.15. The van der Waals surface area contributed by atoms with Crippen molar-refractivity contribution < 1.29 is 9.59 Å². The van der Waals surface area contributed by atoms with Crippen LogP contribution in [0.5, 0.6) is 0 Å². The molecule has 1 heterocycles. The monoisotopic (exact) mass is 358 g/mol. The highest BCUT2D eigenvalue weighted by molar-refractivity contribution is 7.14. The Labute approximate surface area is 151 Å². The maximum Gasteiger partial charge on any atom is 0.325 e. The molecular formula is C18H22N4O2S. The standard InChI is InChI=1S/C18H22N4O2S/c23-16(19-13-8-4-1-2-5-9-13)15-12-25-18(21-15)22-17(24)20-14-10-6-3-7-11-14/h3,6-7,10-13H,1-2,4-5,8-9H2,(H,19,23)(H2,20,21,22,24). The number of para-hydroxylation sites is 1. The molecule has 2 aromatic rings. The van der Waals surface area contributed by atoms with Crippen LogP contribution in [0.4, 0.5) is 15.6 Å². The number of hydrogen-bond acceptors (Lipinski definition) is 4.